The number of carbonyl (C=O) groups excluding carboxylic acids is 1. The monoisotopic (exact) mass is 348 g/mol. The minimum Gasteiger partial charge on any atom is -0.369 e. The van der Waals surface area contributed by atoms with E-state index in [1.54, 1.807) is 6.33 Å². The zero-order valence-electron chi connectivity index (χ0n) is 11.8. The second-order valence-corrected chi connectivity index (χ2v) is 6.37. The lowest BCUT2D eigenvalue weighted by atomic mass is 9.92. The summed E-state index contributed by atoms with van der Waals surface area (Å²) in [5, 5.41) is 0.990. The van der Waals surface area contributed by atoms with Crippen molar-refractivity contribution in [1.82, 2.24) is 9.97 Å². The molecule has 0 radical (unpaired) electrons. The number of primary amides is 1. The van der Waals surface area contributed by atoms with Crippen molar-refractivity contribution in [3.8, 4) is 0 Å². The van der Waals surface area contributed by atoms with Crippen molar-refractivity contribution in [3.05, 3.63) is 29.0 Å². The van der Waals surface area contributed by atoms with E-state index in [0.29, 0.717) is 12.6 Å². The van der Waals surface area contributed by atoms with E-state index < -0.39 is 0 Å². The average molecular weight is 349 g/mol. The summed E-state index contributed by atoms with van der Waals surface area (Å²) >= 11 is 3.52. The summed E-state index contributed by atoms with van der Waals surface area (Å²) in [7, 11) is 0. The molecule has 110 valence electrons. The van der Waals surface area contributed by atoms with Gasteiger partial charge in [-0.2, -0.15) is 0 Å². The van der Waals surface area contributed by atoms with Gasteiger partial charge in [-0.1, -0.05) is 6.07 Å². The number of carbonyl (C=O) groups is 1. The lowest BCUT2D eigenvalue weighted by Gasteiger charge is -2.38. The number of para-hydroxylation sites is 1. The van der Waals surface area contributed by atoms with Gasteiger partial charge >= 0.3 is 0 Å². The number of rotatable bonds is 2. The molecule has 0 bridgehead atoms. The third-order valence-electron chi connectivity index (χ3n) is 4.15. The Hall–Kier alpha value is -1.69. The van der Waals surface area contributed by atoms with Gasteiger partial charge in [-0.05, 0) is 47.8 Å². The molecule has 1 fully saturated rings. The number of aromatic nitrogens is 2. The van der Waals surface area contributed by atoms with Crippen LogP contribution in [0.3, 0.4) is 0 Å². The fourth-order valence-corrected chi connectivity index (χ4v) is 3.37. The van der Waals surface area contributed by atoms with Gasteiger partial charge in [0.1, 0.15) is 12.1 Å². The fourth-order valence-electron chi connectivity index (χ4n) is 2.90. The van der Waals surface area contributed by atoms with Crippen molar-refractivity contribution in [2.45, 2.75) is 25.8 Å². The lowest BCUT2D eigenvalue weighted by molar-refractivity contribution is -0.122. The van der Waals surface area contributed by atoms with E-state index in [4.69, 9.17) is 5.73 Å². The number of benzene rings is 1. The Kier molecular flexibility index (Phi) is 3.80. The van der Waals surface area contributed by atoms with Gasteiger partial charge in [-0.25, -0.2) is 9.97 Å². The van der Waals surface area contributed by atoms with E-state index in [-0.39, 0.29) is 11.8 Å². The average Bonchev–Trinajstić information content (AvgIpc) is 2.47. The minimum absolute atomic E-state index is 0.113. The molecule has 21 heavy (non-hydrogen) atoms. The number of hydrogen-bond acceptors (Lipinski definition) is 4. The second-order valence-electron chi connectivity index (χ2n) is 5.51. The molecule has 3 rings (SSSR count). The van der Waals surface area contributed by atoms with Crippen molar-refractivity contribution in [1.29, 1.82) is 0 Å². The molecule has 6 heteroatoms. The van der Waals surface area contributed by atoms with E-state index in [1.807, 2.05) is 18.2 Å². The molecule has 2 heterocycles. The molecule has 2 N–H and O–H groups in total. The highest BCUT2D eigenvalue weighted by atomic mass is 79.9. The lowest BCUT2D eigenvalue weighted by Crippen LogP contribution is -2.46. The maximum atomic E-state index is 11.5. The van der Waals surface area contributed by atoms with Crippen molar-refractivity contribution in [2.75, 3.05) is 11.4 Å². The van der Waals surface area contributed by atoms with Crippen molar-refractivity contribution >= 4 is 38.6 Å². The predicted octanol–water partition coefficient (Wildman–Crippen LogP) is 2.48. The number of nitrogens with two attached hydrogens (primary N) is 1. The van der Waals surface area contributed by atoms with Gasteiger partial charge in [-0.15, -0.1) is 0 Å². The Balaban J connectivity index is 2.06. The molecule has 1 aliphatic heterocycles. The summed E-state index contributed by atoms with van der Waals surface area (Å²) in [5.74, 6) is 0.532. The van der Waals surface area contributed by atoms with Crippen LogP contribution < -0.4 is 10.6 Å². The standard InChI is InChI=1S/C15H17BrN4O/c1-9-5-6-10(14(17)21)7-20(9)15-11-3-2-4-12(16)13(11)18-8-19-15/h2-4,8-10H,5-7H2,1H3,(H2,17,21)/t9-,10-/m0/s1. The van der Waals surface area contributed by atoms with Gasteiger partial charge in [0.2, 0.25) is 5.91 Å². The van der Waals surface area contributed by atoms with Crippen LogP contribution in [0.2, 0.25) is 0 Å². The molecule has 1 aromatic carbocycles. The summed E-state index contributed by atoms with van der Waals surface area (Å²) in [6.45, 7) is 2.78. The van der Waals surface area contributed by atoms with Gasteiger partial charge in [0.15, 0.2) is 0 Å². The first-order chi connectivity index (χ1) is 10.1. The van der Waals surface area contributed by atoms with Crippen LogP contribution in [-0.2, 0) is 4.79 Å². The molecule has 1 aliphatic rings. The van der Waals surface area contributed by atoms with E-state index in [9.17, 15) is 4.79 Å². The van der Waals surface area contributed by atoms with E-state index in [2.05, 4.69) is 37.7 Å². The van der Waals surface area contributed by atoms with Crippen LogP contribution in [0.1, 0.15) is 19.8 Å². The van der Waals surface area contributed by atoms with Crippen molar-refractivity contribution in [2.24, 2.45) is 11.7 Å². The van der Waals surface area contributed by atoms with Gasteiger partial charge in [0.05, 0.1) is 11.4 Å². The van der Waals surface area contributed by atoms with Crippen molar-refractivity contribution in [3.63, 3.8) is 0 Å². The van der Waals surface area contributed by atoms with E-state index >= 15 is 0 Å². The zero-order chi connectivity index (χ0) is 15.0. The molecule has 0 saturated carbocycles. The first kappa shape index (κ1) is 14.3. The molecule has 0 aliphatic carbocycles. The maximum Gasteiger partial charge on any atom is 0.222 e. The van der Waals surface area contributed by atoms with Crippen LogP contribution in [0.5, 0.6) is 0 Å². The summed E-state index contributed by atoms with van der Waals surface area (Å²) in [5.41, 5.74) is 6.37. The zero-order valence-corrected chi connectivity index (χ0v) is 13.4. The quantitative estimate of drug-likeness (QED) is 0.904. The van der Waals surface area contributed by atoms with Crippen LogP contribution in [-0.4, -0.2) is 28.5 Å². The normalized spacial score (nSPS) is 22.5. The molecule has 2 atom stereocenters. The number of piperidine rings is 1. The molecular weight excluding hydrogens is 332 g/mol. The third-order valence-corrected chi connectivity index (χ3v) is 4.79. The minimum atomic E-state index is -0.230. The molecular formula is C15H17BrN4O. The van der Waals surface area contributed by atoms with Crippen LogP contribution in [0, 0.1) is 5.92 Å². The number of halogens is 1. The summed E-state index contributed by atoms with van der Waals surface area (Å²) in [6.07, 6.45) is 3.36. The van der Waals surface area contributed by atoms with Gasteiger partial charge < -0.3 is 10.6 Å². The highest BCUT2D eigenvalue weighted by Gasteiger charge is 2.30. The topological polar surface area (TPSA) is 72.1 Å². The molecule has 0 unspecified atom stereocenters. The molecule has 1 amide bonds. The Morgan fingerprint density at radius 2 is 2.19 bits per heavy atom. The Bertz CT molecular complexity index is 690. The van der Waals surface area contributed by atoms with Gasteiger partial charge in [0.25, 0.3) is 0 Å². The fraction of sp³-hybridized carbons (Fsp3) is 0.400. The molecule has 1 saturated heterocycles. The van der Waals surface area contributed by atoms with E-state index in [1.165, 1.54) is 0 Å². The predicted molar refractivity (Wildman–Crippen MR) is 86.0 cm³/mol. The van der Waals surface area contributed by atoms with Gasteiger partial charge in [-0.3, -0.25) is 4.79 Å². The Labute approximate surface area is 131 Å². The third kappa shape index (κ3) is 2.60. The number of hydrogen-bond donors (Lipinski definition) is 1. The van der Waals surface area contributed by atoms with Crippen molar-refractivity contribution < 1.29 is 4.79 Å². The first-order valence-electron chi connectivity index (χ1n) is 7.03. The number of amides is 1. The highest BCUT2D eigenvalue weighted by molar-refractivity contribution is 9.10. The largest absolute Gasteiger partial charge is 0.369 e. The van der Waals surface area contributed by atoms with Gasteiger partial charge in [0, 0.05) is 22.4 Å². The molecule has 0 spiro atoms. The van der Waals surface area contributed by atoms with Crippen LogP contribution in [0.4, 0.5) is 5.82 Å². The summed E-state index contributed by atoms with van der Waals surface area (Å²) in [4.78, 5) is 22.5. The van der Waals surface area contributed by atoms with Crippen LogP contribution in [0.15, 0.2) is 29.0 Å². The number of nitrogens with zero attached hydrogens (tertiary/aromatic N) is 3. The number of anilines is 1. The Morgan fingerprint density at radius 3 is 2.95 bits per heavy atom. The smallest absolute Gasteiger partial charge is 0.222 e. The SMILES string of the molecule is C[C@H]1CC[C@H](C(N)=O)CN1c1ncnc2c(Br)cccc12. The first-order valence-corrected chi connectivity index (χ1v) is 7.82. The molecule has 2 aromatic rings. The van der Waals surface area contributed by atoms with E-state index in [0.717, 1.165) is 34.0 Å². The summed E-state index contributed by atoms with van der Waals surface area (Å²) < 4.78 is 0.944. The summed E-state index contributed by atoms with van der Waals surface area (Å²) in [6, 6.07) is 6.28. The maximum absolute atomic E-state index is 11.5. The van der Waals surface area contributed by atoms with Crippen LogP contribution >= 0.6 is 15.9 Å². The number of fused-ring (bicyclic) bond motifs is 1. The molecule has 1 aromatic heterocycles. The van der Waals surface area contributed by atoms with Crippen LogP contribution in [0.25, 0.3) is 10.9 Å². The Morgan fingerprint density at radius 1 is 1.38 bits per heavy atom. The molecule has 5 nitrogen and oxygen atoms in total. The second kappa shape index (κ2) is 5.60. The highest BCUT2D eigenvalue weighted by Crippen LogP contribution is 2.32.